The van der Waals surface area contributed by atoms with Crippen molar-refractivity contribution in [2.24, 2.45) is 0 Å². The van der Waals surface area contributed by atoms with Crippen molar-refractivity contribution in [3.63, 3.8) is 0 Å². The van der Waals surface area contributed by atoms with E-state index in [1.54, 1.807) is 0 Å². The summed E-state index contributed by atoms with van der Waals surface area (Å²) in [6.07, 6.45) is -4.45. The molecule has 1 aromatic rings. The molecule has 13 heavy (non-hydrogen) atoms. The summed E-state index contributed by atoms with van der Waals surface area (Å²) in [4.78, 5) is 0. The Balaban J connectivity index is 3.05. The van der Waals surface area contributed by atoms with Gasteiger partial charge in [-0.3, -0.25) is 0 Å². The topological polar surface area (TPSA) is 29.5 Å². The summed E-state index contributed by atoms with van der Waals surface area (Å²) in [5.74, 6) is -0.363. The first kappa shape index (κ1) is 9.92. The van der Waals surface area contributed by atoms with E-state index in [1.807, 2.05) is 0 Å². The van der Waals surface area contributed by atoms with Gasteiger partial charge in [-0.2, -0.15) is 13.2 Å². The van der Waals surface area contributed by atoms with Crippen LogP contribution in [0.5, 0.6) is 5.75 Å². The molecule has 6 heteroatoms. The maximum atomic E-state index is 12.2. The molecule has 0 aliphatic carbocycles. The molecule has 0 spiro atoms. The third-order valence-corrected chi connectivity index (χ3v) is 1.41. The van der Waals surface area contributed by atoms with Crippen LogP contribution < -0.4 is 4.65 Å². The molecule has 0 radical (unpaired) electrons. The summed E-state index contributed by atoms with van der Waals surface area (Å²) in [5.41, 5.74) is -0.885. The van der Waals surface area contributed by atoms with Gasteiger partial charge in [0.25, 0.3) is 0 Å². The van der Waals surface area contributed by atoms with E-state index in [2.05, 4.69) is 4.65 Å². The van der Waals surface area contributed by atoms with Crippen LogP contribution in [0.3, 0.4) is 0 Å². The molecule has 0 aliphatic rings. The van der Waals surface area contributed by atoms with Crippen LogP contribution >= 0.6 is 0 Å². The summed E-state index contributed by atoms with van der Waals surface area (Å²) >= 11 is 0. The molecule has 0 amide bonds. The molecular formula is C7H6BF3O2. The molecule has 1 aromatic carbocycles. The quantitative estimate of drug-likeness (QED) is 0.713. The van der Waals surface area contributed by atoms with Crippen LogP contribution in [-0.2, 0) is 6.18 Å². The van der Waals surface area contributed by atoms with E-state index >= 15 is 0 Å². The molecule has 1 rings (SSSR count). The normalized spacial score (nSPS) is 11.1. The van der Waals surface area contributed by atoms with E-state index in [-0.39, 0.29) is 5.75 Å². The molecule has 0 atom stereocenters. The maximum Gasteiger partial charge on any atom is 0.504 e. The fourth-order valence-corrected chi connectivity index (χ4v) is 0.896. The second-order valence-corrected chi connectivity index (χ2v) is 2.27. The smallest absolute Gasteiger partial charge is 0.504 e. The molecule has 0 aromatic heterocycles. The third kappa shape index (κ3) is 2.38. The average molecular weight is 190 g/mol. The van der Waals surface area contributed by atoms with Crippen molar-refractivity contribution < 1.29 is 22.8 Å². The zero-order valence-corrected chi connectivity index (χ0v) is 6.51. The van der Waals surface area contributed by atoms with E-state index < -0.39 is 19.4 Å². The summed E-state index contributed by atoms with van der Waals surface area (Å²) in [5, 5.41) is 8.32. The summed E-state index contributed by atoms with van der Waals surface area (Å²) in [7, 11) is -0.771. The number of para-hydroxylation sites is 1. The zero-order chi connectivity index (χ0) is 9.90. The molecule has 2 nitrogen and oxygen atoms in total. The Bertz CT molecular complexity index is 287. The first-order valence-electron chi connectivity index (χ1n) is 3.45. The fourth-order valence-electron chi connectivity index (χ4n) is 0.896. The molecule has 0 unspecified atom stereocenters. The lowest BCUT2D eigenvalue weighted by molar-refractivity contribution is -0.138. The van der Waals surface area contributed by atoms with Gasteiger partial charge in [-0.1, -0.05) is 12.1 Å². The van der Waals surface area contributed by atoms with Crippen LogP contribution in [-0.4, -0.2) is 12.7 Å². The van der Waals surface area contributed by atoms with Crippen molar-refractivity contribution in [3.8, 4) is 5.75 Å². The molecule has 0 saturated carbocycles. The number of hydrogen-bond acceptors (Lipinski definition) is 2. The first-order chi connectivity index (χ1) is 6.05. The highest BCUT2D eigenvalue weighted by molar-refractivity contribution is 6.17. The Morgan fingerprint density at radius 2 is 1.85 bits per heavy atom. The molecule has 0 bridgehead atoms. The van der Waals surface area contributed by atoms with Crippen molar-refractivity contribution in [1.82, 2.24) is 0 Å². The van der Waals surface area contributed by atoms with E-state index in [1.165, 1.54) is 12.1 Å². The highest BCUT2D eigenvalue weighted by Crippen LogP contribution is 2.35. The van der Waals surface area contributed by atoms with Crippen LogP contribution in [0.1, 0.15) is 5.56 Å². The second-order valence-electron chi connectivity index (χ2n) is 2.27. The fraction of sp³-hybridized carbons (Fsp3) is 0.143. The van der Waals surface area contributed by atoms with Crippen molar-refractivity contribution in [3.05, 3.63) is 29.8 Å². The predicted octanol–water partition coefficient (Wildman–Crippen LogP) is 1.34. The van der Waals surface area contributed by atoms with Crippen LogP contribution in [0, 0.1) is 0 Å². The van der Waals surface area contributed by atoms with Gasteiger partial charge in [0.15, 0.2) is 0 Å². The largest absolute Gasteiger partial charge is 0.538 e. The lowest BCUT2D eigenvalue weighted by Crippen LogP contribution is -2.10. The van der Waals surface area contributed by atoms with Crippen LogP contribution in [0.4, 0.5) is 13.2 Å². The van der Waals surface area contributed by atoms with E-state index in [4.69, 9.17) is 5.02 Å². The molecule has 0 fully saturated rings. The summed E-state index contributed by atoms with van der Waals surface area (Å²) in [6, 6.07) is 4.71. The number of hydrogen-bond donors (Lipinski definition) is 1. The van der Waals surface area contributed by atoms with Gasteiger partial charge >= 0.3 is 13.9 Å². The molecular weight excluding hydrogens is 184 g/mol. The van der Waals surface area contributed by atoms with Gasteiger partial charge in [-0.15, -0.1) is 0 Å². The highest BCUT2D eigenvalue weighted by Gasteiger charge is 2.33. The van der Waals surface area contributed by atoms with Crippen molar-refractivity contribution in [2.75, 3.05) is 0 Å². The van der Waals surface area contributed by atoms with Crippen LogP contribution in [0.25, 0.3) is 0 Å². The Morgan fingerprint density at radius 1 is 1.23 bits per heavy atom. The highest BCUT2D eigenvalue weighted by atomic mass is 19.4. The van der Waals surface area contributed by atoms with Crippen LogP contribution in [0.15, 0.2) is 24.3 Å². The monoisotopic (exact) mass is 190 g/mol. The molecule has 0 heterocycles. The Morgan fingerprint density at radius 3 is 2.38 bits per heavy atom. The lowest BCUT2D eigenvalue weighted by Gasteiger charge is -2.11. The molecule has 70 valence electrons. The minimum Gasteiger partial charge on any atom is -0.538 e. The minimum absolute atomic E-state index is 0.363. The van der Waals surface area contributed by atoms with E-state index in [9.17, 15) is 13.2 Å². The number of alkyl halides is 3. The van der Waals surface area contributed by atoms with E-state index in [0.717, 1.165) is 12.1 Å². The lowest BCUT2D eigenvalue weighted by atomic mass is 10.2. The first-order valence-corrected chi connectivity index (χ1v) is 3.45. The van der Waals surface area contributed by atoms with Crippen LogP contribution in [0.2, 0.25) is 0 Å². The van der Waals surface area contributed by atoms with Crippen molar-refractivity contribution in [2.45, 2.75) is 6.18 Å². The summed E-state index contributed by atoms with van der Waals surface area (Å²) in [6.45, 7) is 0. The Kier molecular flexibility index (Phi) is 2.82. The zero-order valence-electron chi connectivity index (χ0n) is 6.51. The minimum atomic E-state index is -4.45. The van der Waals surface area contributed by atoms with Gasteiger partial charge in [0.1, 0.15) is 5.75 Å². The molecule has 1 N–H and O–H groups in total. The molecule has 0 aliphatic heterocycles. The molecule has 0 saturated heterocycles. The number of halogens is 3. The van der Waals surface area contributed by atoms with Gasteiger partial charge in [-0.25, -0.2) is 0 Å². The second kappa shape index (κ2) is 3.70. The van der Waals surface area contributed by atoms with Gasteiger partial charge in [0.05, 0.1) is 5.56 Å². The standard InChI is InChI=1S/C7H6BF3O2/c9-7(10,11)5-3-1-2-4-6(5)13-8-12/h1-4,8,12H. The average Bonchev–Trinajstić information content (AvgIpc) is 2.04. The van der Waals surface area contributed by atoms with Gasteiger partial charge in [-0.05, 0) is 12.1 Å². The number of benzene rings is 1. The van der Waals surface area contributed by atoms with E-state index in [0.29, 0.717) is 0 Å². The summed E-state index contributed by atoms with van der Waals surface area (Å²) < 4.78 is 41.0. The van der Waals surface area contributed by atoms with Gasteiger partial charge in [0, 0.05) is 0 Å². The third-order valence-electron chi connectivity index (χ3n) is 1.41. The maximum absolute atomic E-state index is 12.2. The predicted molar refractivity (Wildman–Crippen MR) is 41.4 cm³/mol. The van der Waals surface area contributed by atoms with Gasteiger partial charge in [0.2, 0.25) is 0 Å². The van der Waals surface area contributed by atoms with Crippen molar-refractivity contribution >= 4 is 7.69 Å². The number of rotatable bonds is 2. The van der Waals surface area contributed by atoms with Crippen molar-refractivity contribution in [1.29, 1.82) is 0 Å². The Labute approximate surface area is 73.3 Å². The SMILES string of the molecule is OBOc1ccccc1C(F)(F)F. The Hall–Kier alpha value is -1.17. The van der Waals surface area contributed by atoms with Gasteiger partial charge < -0.3 is 9.68 Å².